The van der Waals surface area contributed by atoms with Gasteiger partial charge in [0, 0.05) is 17.7 Å². The third-order valence-corrected chi connectivity index (χ3v) is 6.78. The number of benzene rings is 4. The Bertz CT molecular complexity index is 1500. The Morgan fingerprint density at radius 3 is 1.64 bits per heavy atom. The number of fused-ring (bicyclic) bond motifs is 1. The second kappa shape index (κ2) is 8.94. The normalized spacial score (nSPS) is 11.5. The smallest absolute Gasteiger partial charge is 0.240 e. The van der Waals surface area contributed by atoms with Gasteiger partial charge in [0.05, 0.1) is 27.3 Å². The van der Waals surface area contributed by atoms with Gasteiger partial charge in [-0.25, -0.2) is 23.1 Å². The fourth-order valence-electron chi connectivity index (χ4n) is 3.64. The summed E-state index contributed by atoms with van der Waals surface area (Å²) in [5.41, 5.74) is 6.03. The number of hydrogen-bond acceptors (Lipinski definition) is 4. The fraction of sp³-hybridized carbons (Fsp3) is 0.0370. The molecule has 0 saturated carbocycles. The minimum atomic E-state index is -3.56. The summed E-state index contributed by atoms with van der Waals surface area (Å²) < 4.78 is 27.6. The highest BCUT2D eigenvalue weighted by Gasteiger charge is 2.15. The highest BCUT2D eigenvalue weighted by Crippen LogP contribution is 2.31. The monoisotopic (exact) mass is 451 g/mol. The summed E-state index contributed by atoms with van der Waals surface area (Å²) in [5.74, 6) is 0. The number of rotatable bonds is 6. The Balaban J connectivity index is 1.46. The highest BCUT2D eigenvalue weighted by molar-refractivity contribution is 7.89. The topological polar surface area (TPSA) is 72.0 Å². The summed E-state index contributed by atoms with van der Waals surface area (Å²) in [6.07, 6.45) is 0. The van der Waals surface area contributed by atoms with Crippen LogP contribution in [0.3, 0.4) is 0 Å². The van der Waals surface area contributed by atoms with Crippen molar-refractivity contribution >= 4 is 21.1 Å². The zero-order valence-corrected chi connectivity index (χ0v) is 18.5. The van der Waals surface area contributed by atoms with Crippen molar-refractivity contribution in [1.82, 2.24) is 14.7 Å². The maximum Gasteiger partial charge on any atom is 0.240 e. The van der Waals surface area contributed by atoms with Crippen molar-refractivity contribution < 1.29 is 8.42 Å². The van der Waals surface area contributed by atoms with E-state index in [1.807, 2.05) is 78.9 Å². The van der Waals surface area contributed by atoms with Crippen LogP contribution in [0.5, 0.6) is 0 Å². The molecular formula is C27H21N3O2S. The molecule has 6 heteroatoms. The summed E-state index contributed by atoms with van der Waals surface area (Å²) >= 11 is 0. The van der Waals surface area contributed by atoms with E-state index in [9.17, 15) is 8.42 Å². The molecule has 5 rings (SSSR count). The summed E-state index contributed by atoms with van der Waals surface area (Å²) in [6, 6.07) is 33.9. The van der Waals surface area contributed by atoms with Crippen molar-refractivity contribution in [2.24, 2.45) is 0 Å². The molecule has 5 aromatic rings. The first-order chi connectivity index (χ1) is 16.1. The van der Waals surface area contributed by atoms with E-state index in [1.165, 1.54) is 0 Å². The third-order valence-electron chi connectivity index (χ3n) is 5.36. The lowest BCUT2D eigenvalue weighted by atomic mass is 10.0. The van der Waals surface area contributed by atoms with Gasteiger partial charge in [0.2, 0.25) is 10.0 Å². The molecule has 162 valence electrons. The Morgan fingerprint density at radius 1 is 0.576 bits per heavy atom. The molecule has 0 aliphatic carbocycles. The number of sulfonamides is 1. The average molecular weight is 452 g/mol. The lowest BCUT2D eigenvalue weighted by Crippen LogP contribution is -2.23. The largest absolute Gasteiger partial charge is 0.244 e. The SMILES string of the molecule is O=S(=O)(NCc1ccc(-c2nc3ccccc3nc2-c2ccccc2)cc1)c1ccccc1. The van der Waals surface area contributed by atoms with E-state index in [1.54, 1.807) is 30.3 Å². The molecule has 0 saturated heterocycles. The summed E-state index contributed by atoms with van der Waals surface area (Å²) in [5, 5.41) is 0. The van der Waals surface area contributed by atoms with E-state index in [2.05, 4.69) is 4.72 Å². The minimum absolute atomic E-state index is 0.201. The van der Waals surface area contributed by atoms with E-state index in [0.29, 0.717) is 0 Å². The van der Waals surface area contributed by atoms with Gasteiger partial charge in [0.25, 0.3) is 0 Å². The van der Waals surface area contributed by atoms with Crippen LogP contribution in [0, 0.1) is 0 Å². The van der Waals surface area contributed by atoms with Crippen molar-refractivity contribution in [2.75, 3.05) is 0 Å². The molecule has 0 spiro atoms. The van der Waals surface area contributed by atoms with Crippen LogP contribution in [0.4, 0.5) is 0 Å². The molecule has 1 heterocycles. The van der Waals surface area contributed by atoms with Crippen LogP contribution in [-0.2, 0) is 16.6 Å². The highest BCUT2D eigenvalue weighted by atomic mass is 32.2. The number of nitrogens with one attached hydrogen (secondary N) is 1. The average Bonchev–Trinajstić information content (AvgIpc) is 2.88. The van der Waals surface area contributed by atoms with Gasteiger partial charge in [0.1, 0.15) is 0 Å². The molecule has 4 aromatic carbocycles. The second-order valence-electron chi connectivity index (χ2n) is 7.61. The molecule has 0 radical (unpaired) electrons. The van der Waals surface area contributed by atoms with Crippen LogP contribution >= 0.6 is 0 Å². The second-order valence-corrected chi connectivity index (χ2v) is 9.38. The van der Waals surface area contributed by atoms with E-state index in [4.69, 9.17) is 9.97 Å². The van der Waals surface area contributed by atoms with Gasteiger partial charge in [-0.15, -0.1) is 0 Å². The Morgan fingerprint density at radius 2 is 1.06 bits per heavy atom. The maximum atomic E-state index is 12.5. The van der Waals surface area contributed by atoms with Crippen molar-refractivity contribution in [2.45, 2.75) is 11.4 Å². The zero-order valence-electron chi connectivity index (χ0n) is 17.7. The Hall–Kier alpha value is -3.87. The van der Waals surface area contributed by atoms with Crippen LogP contribution < -0.4 is 4.72 Å². The third kappa shape index (κ3) is 4.53. The number of para-hydroxylation sites is 2. The number of aromatic nitrogens is 2. The standard InChI is InChI=1S/C27H21N3O2S/c31-33(32,23-11-5-2-6-12-23)28-19-20-15-17-22(18-16-20)27-26(21-9-3-1-4-10-21)29-24-13-7-8-14-25(24)30-27/h1-18,28H,19H2. The molecule has 1 N–H and O–H groups in total. The van der Waals surface area contributed by atoms with Gasteiger partial charge in [-0.2, -0.15) is 0 Å². The lowest BCUT2D eigenvalue weighted by Gasteiger charge is -2.11. The van der Waals surface area contributed by atoms with Gasteiger partial charge >= 0.3 is 0 Å². The van der Waals surface area contributed by atoms with Crippen molar-refractivity contribution in [3.05, 3.63) is 115 Å². The van der Waals surface area contributed by atoms with Crippen LogP contribution in [0.1, 0.15) is 5.56 Å². The van der Waals surface area contributed by atoms with Gasteiger partial charge in [0.15, 0.2) is 0 Å². The van der Waals surface area contributed by atoms with Crippen LogP contribution in [0.2, 0.25) is 0 Å². The zero-order chi connectivity index (χ0) is 22.7. The summed E-state index contributed by atoms with van der Waals surface area (Å²) in [6.45, 7) is 0.201. The van der Waals surface area contributed by atoms with Crippen molar-refractivity contribution in [1.29, 1.82) is 0 Å². The molecule has 0 amide bonds. The number of nitrogens with zero attached hydrogens (tertiary/aromatic N) is 2. The Labute approximate surface area is 192 Å². The quantitative estimate of drug-likeness (QED) is 0.373. The minimum Gasteiger partial charge on any atom is -0.244 e. The molecule has 0 atom stereocenters. The predicted molar refractivity (Wildman–Crippen MR) is 131 cm³/mol. The first-order valence-corrected chi connectivity index (χ1v) is 12.0. The van der Waals surface area contributed by atoms with Gasteiger partial charge in [-0.1, -0.05) is 84.9 Å². The van der Waals surface area contributed by atoms with Gasteiger partial charge in [-0.3, -0.25) is 0 Å². The summed E-state index contributed by atoms with van der Waals surface area (Å²) in [7, 11) is -3.56. The molecule has 0 aliphatic heterocycles. The molecule has 0 bridgehead atoms. The maximum absolute atomic E-state index is 12.5. The lowest BCUT2D eigenvalue weighted by molar-refractivity contribution is 0.581. The fourth-order valence-corrected chi connectivity index (χ4v) is 4.68. The molecular weight excluding hydrogens is 430 g/mol. The van der Waals surface area contributed by atoms with Gasteiger partial charge < -0.3 is 0 Å². The molecule has 0 fully saturated rings. The van der Waals surface area contributed by atoms with E-state index in [-0.39, 0.29) is 11.4 Å². The molecule has 33 heavy (non-hydrogen) atoms. The number of hydrogen-bond donors (Lipinski definition) is 1. The van der Waals surface area contributed by atoms with E-state index >= 15 is 0 Å². The van der Waals surface area contributed by atoms with E-state index < -0.39 is 10.0 Å². The van der Waals surface area contributed by atoms with Crippen LogP contribution in [-0.4, -0.2) is 18.4 Å². The first-order valence-electron chi connectivity index (χ1n) is 10.6. The summed E-state index contributed by atoms with van der Waals surface area (Å²) in [4.78, 5) is 10.0. The van der Waals surface area contributed by atoms with Crippen LogP contribution in [0.25, 0.3) is 33.5 Å². The van der Waals surface area contributed by atoms with Crippen molar-refractivity contribution in [3.8, 4) is 22.5 Å². The molecule has 0 unspecified atom stereocenters. The van der Waals surface area contributed by atoms with Crippen LogP contribution in [0.15, 0.2) is 114 Å². The van der Waals surface area contributed by atoms with E-state index in [0.717, 1.165) is 39.1 Å². The van der Waals surface area contributed by atoms with Gasteiger partial charge in [-0.05, 0) is 29.8 Å². The first kappa shape index (κ1) is 21.0. The van der Waals surface area contributed by atoms with Crippen molar-refractivity contribution in [3.63, 3.8) is 0 Å². The Kier molecular flexibility index (Phi) is 5.69. The molecule has 5 nitrogen and oxygen atoms in total. The molecule has 1 aromatic heterocycles. The predicted octanol–water partition coefficient (Wildman–Crippen LogP) is 5.44. The molecule has 0 aliphatic rings.